The number of nitrogens with zero attached hydrogens (tertiary/aromatic N) is 2. The number of hydrogen-bond acceptors (Lipinski definition) is 9. The molecule has 0 heterocycles. The second-order valence-electron chi connectivity index (χ2n) is 8.65. The van der Waals surface area contributed by atoms with Gasteiger partial charge in [0.05, 0.1) is 11.4 Å². The number of anilines is 2. The third-order valence-electron chi connectivity index (χ3n) is 5.39. The van der Waals surface area contributed by atoms with Gasteiger partial charge in [-0.3, -0.25) is 19.2 Å². The molecule has 0 aliphatic carbocycles. The molecular formula is C26H33KN3O10. The molecule has 0 bridgehead atoms. The van der Waals surface area contributed by atoms with Crippen LogP contribution < -0.4 is 25.0 Å². The van der Waals surface area contributed by atoms with Gasteiger partial charge in [-0.1, -0.05) is 12.1 Å². The minimum Gasteiger partial charge on any atom is -0.488 e. The zero-order chi connectivity index (χ0) is 28.9. The molecule has 0 saturated carbocycles. The van der Waals surface area contributed by atoms with E-state index in [1.54, 1.807) is 43.3 Å². The van der Waals surface area contributed by atoms with E-state index in [9.17, 15) is 39.6 Å². The largest absolute Gasteiger partial charge is 0.488 e. The number of hydrogen-bond donors (Lipinski definition) is 5. The number of aliphatic carboxylic acids is 4. The van der Waals surface area contributed by atoms with Crippen molar-refractivity contribution in [2.75, 3.05) is 55.7 Å². The van der Waals surface area contributed by atoms with Gasteiger partial charge < -0.3 is 45.4 Å². The Morgan fingerprint density at radius 1 is 0.725 bits per heavy atom. The average Bonchev–Trinajstić information content (AvgIpc) is 2.83. The first kappa shape index (κ1) is 35.1. The van der Waals surface area contributed by atoms with Gasteiger partial charge in [-0.05, 0) is 61.7 Å². The van der Waals surface area contributed by atoms with Crippen molar-refractivity contribution < 1.29 is 49.1 Å². The van der Waals surface area contributed by atoms with Crippen LogP contribution in [-0.2, 0) is 25.6 Å². The Bertz CT molecular complexity index is 1150. The van der Waals surface area contributed by atoms with Crippen molar-refractivity contribution in [1.29, 1.82) is 0 Å². The molecule has 0 fully saturated rings. The Morgan fingerprint density at radius 2 is 1.15 bits per heavy atom. The van der Waals surface area contributed by atoms with Crippen LogP contribution in [-0.4, -0.2) is 142 Å². The van der Waals surface area contributed by atoms with Crippen molar-refractivity contribution in [2.45, 2.75) is 19.8 Å². The SMILES string of the molecule is Cc1ccc(N(CC(=O)O)CC(=O)O)c(OCCOc2cc(CCCN)ccc2N(CC(=O)O)CC(=O)O)c1.[K]. The maximum absolute atomic E-state index is 11.4. The van der Waals surface area contributed by atoms with E-state index in [4.69, 9.17) is 15.2 Å². The molecule has 0 unspecified atom stereocenters. The van der Waals surface area contributed by atoms with E-state index < -0.39 is 50.1 Å². The fourth-order valence-corrected chi connectivity index (χ4v) is 3.80. The Kier molecular flexibility index (Phi) is 15.6. The van der Waals surface area contributed by atoms with Crippen molar-refractivity contribution in [3.63, 3.8) is 0 Å². The van der Waals surface area contributed by atoms with Crippen LogP contribution in [0.3, 0.4) is 0 Å². The van der Waals surface area contributed by atoms with Gasteiger partial charge in [0.1, 0.15) is 50.9 Å². The third-order valence-corrected chi connectivity index (χ3v) is 5.39. The topological polar surface area (TPSA) is 200 Å². The van der Waals surface area contributed by atoms with E-state index in [1.165, 1.54) is 4.90 Å². The molecule has 0 aliphatic rings. The number of carbonyl (C=O) groups is 4. The number of nitrogens with two attached hydrogens (primary N) is 1. The van der Waals surface area contributed by atoms with Gasteiger partial charge in [0.15, 0.2) is 0 Å². The molecule has 0 spiro atoms. The zero-order valence-electron chi connectivity index (χ0n) is 22.5. The predicted octanol–water partition coefficient (Wildman–Crippen LogP) is 0.915. The number of carboxylic acid groups (broad SMARTS) is 4. The molecule has 0 amide bonds. The first-order chi connectivity index (χ1) is 18.5. The van der Waals surface area contributed by atoms with Crippen LogP contribution in [0.1, 0.15) is 17.5 Å². The van der Waals surface area contributed by atoms with Crippen LogP contribution in [0, 0.1) is 6.92 Å². The molecule has 14 heteroatoms. The van der Waals surface area contributed by atoms with Gasteiger partial charge in [0, 0.05) is 51.4 Å². The van der Waals surface area contributed by atoms with Gasteiger partial charge in [0.2, 0.25) is 0 Å². The summed E-state index contributed by atoms with van der Waals surface area (Å²) in [6.45, 7) is -0.0242. The third kappa shape index (κ3) is 12.1. The summed E-state index contributed by atoms with van der Waals surface area (Å²) >= 11 is 0. The number of aryl methyl sites for hydroxylation is 2. The monoisotopic (exact) mass is 586 g/mol. The molecule has 6 N–H and O–H groups in total. The van der Waals surface area contributed by atoms with E-state index >= 15 is 0 Å². The number of carboxylic acids is 4. The standard InChI is InChI=1S/C26H33N3O10.K/c1-17-4-6-19(28(13-23(30)31)14-24(32)33)21(11-17)38-9-10-39-22-12-18(3-2-8-27)5-7-20(22)29(15-25(34)35)16-26(36)37;/h4-7,11-12H,2-3,8-10,13-16,27H2,1H3,(H,30,31)(H,32,33)(H,34,35)(H,36,37);. The Morgan fingerprint density at radius 3 is 1.57 bits per heavy atom. The van der Waals surface area contributed by atoms with Crippen LogP contribution >= 0.6 is 0 Å². The summed E-state index contributed by atoms with van der Waals surface area (Å²) in [5, 5.41) is 37.0. The van der Waals surface area contributed by atoms with Crippen LogP contribution in [0.4, 0.5) is 11.4 Å². The summed E-state index contributed by atoms with van der Waals surface area (Å²) in [7, 11) is 0. The molecular weight excluding hydrogens is 553 g/mol. The van der Waals surface area contributed by atoms with Crippen LogP contribution in [0.15, 0.2) is 36.4 Å². The average molecular weight is 587 g/mol. The second kappa shape index (κ2) is 17.7. The first-order valence-electron chi connectivity index (χ1n) is 12.1. The maximum atomic E-state index is 11.4. The Hall–Kier alpha value is -2.88. The molecule has 13 nitrogen and oxygen atoms in total. The maximum Gasteiger partial charge on any atom is 0.323 e. The summed E-state index contributed by atoms with van der Waals surface area (Å²) in [6.07, 6.45) is 1.34. The Labute approximate surface area is 273 Å². The molecule has 0 atom stereocenters. The zero-order valence-corrected chi connectivity index (χ0v) is 25.7. The van der Waals surface area contributed by atoms with Crippen molar-refractivity contribution in [3.8, 4) is 11.5 Å². The van der Waals surface area contributed by atoms with Crippen LogP contribution in [0.25, 0.3) is 0 Å². The van der Waals surface area contributed by atoms with Gasteiger partial charge in [-0.2, -0.15) is 0 Å². The molecule has 2 rings (SSSR count). The van der Waals surface area contributed by atoms with E-state index in [0.717, 1.165) is 16.0 Å². The van der Waals surface area contributed by atoms with E-state index in [2.05, 4.69) is 0 Å². The van der Waals surface area contributed by atoms with Crippen molar-refractivity contribution in [3.05, 3.63) is 47.5 Å². The van der Waals surface area contributed by atoms with Crippen LogP contribution in [0.2, 0.25) is 0 Å². The number of rotatable bonds is 18. The van der Waals surface area contributed by atoms with E-state index in [0.29, 0.717) is 19.4 Å². The van der Waals surface area contributed by atoms with E-state index in [1.807, 2.05) is 0 Å². The second-order valence-corrected chi connectivity index (χ2v) is 8.65. The number of ether oxygens (including phenoxy) is 2. The number of benzene rings is 2. The first-order valence-corrected chi connectivity index (χ1v) is 12.1. The molecule has 2 aromatic carbocycles. The quantitative estimate of drug-likeness (QED) is 0.122. The Balaban J connectivity index is 0.00000800. The molecule has 2 aromatic rings. The molecule has 0 aliphatic heterocycles. The summed E-state index contributed by atoms with van der Waals surface area (Å²) in [4.78, 5) is 47.6. The summed E-state index contributed by atoms with van der Waals surface area (Å²) in [5.74, 6) is -4.32. The normalized spacial score (nSPS) is 10.2. The van der Waals surface area contributed by atoms with Gasteiger partial charge >= 0.3 is 23.9 Å². The van der Waals surface area contributed by atoms with Gasteiger partial charge in [0.25, 0.3) is 0 Å². The summed E-state index contributed by atoms with van der Waals surface area (Å²) in [5.41, 5.74) is 7.82. The summed E-state index contributed by atoms with van der Waals surface area (Å²) < 4.78 is 11.7. The van der Waals surface area contributed by atoms with Gasteiger partial charge in [-0.15, -0.1) is 0 Å². The molecule has 0 saturated heterocycles. The van der Waals surface area contributed by atoms with Crippen molar-refractivity contribution >= 4 is 86.6 Å². The van der Waals surface area contributed by atoms with Gasteiger partial charge in [-0.25, -0.2) is 0 Å². The minimum absolute atomic E-state index is 0. The van der Waals surface area contributed by atoms with E-state index in [-0.39, 0.29) is 87.5 Å². The smallest absolute Gasteiger partial charge is 0.323 e. The fraction of sp³-hybridized carbons (Fsp3) is 0.385. The fourth-order valence-electron chi connectivity index (χ4n) is 3.80. The molecule has 213 valence electrons. The van der Waals surface area contributed by atoms with Crippen molar-refractivity contribution in [2.24, 2.45) is 5.73 Å². The molecule has 1 radical (unpaired) electrons. The van der Waals surface area contributed by atoms with Crippen LogP contribution in [0.5, 0.6) is 11.5 Å². The predicted molar refractivity (Wildman–Crippen MR) is 147 cm³/mol. The molecule has 40 heavy (non-hydrogen) atoms. The summed E-state index contributed by atoms with van der Waals surface area (Å²) in [6, 6.07) is 9.97. The molecule has 0 aromatic heterocycles. The van der Waals surface area contributed by atoms with Crippen molar-refractivity contribution in [1.82, 2.24) is 0 Å². The minimum atomic E-state index is -1.21.